The summed E-state index contributed by atoms with van der Waals surface area (Å²) in [5.74, 6) is -2.95. The maximum atomic E-state index is 13.2. The number of amides is 1. The summed E-state index contributed by atoms with van der Waals surface area (Å²) in [4.78, 5) is 16.1. The minimum atomic E-state index is -2.76. The molecule has 0 aromatic heterocycles. The number of para-hydroxylation sites is 1. The van der Waals surface area contributed by atoms with Gasteiger partial charge in [-0.3, -0.25) is 10.1 Å². The predicted octanol–water partition coefficient (Wildman–Crippen LogP) is 2.18. The molecule has 1 unspecified atom stereocenters. The highest BCUT2D eigenvalue weighted by molar-refractivity contribution is 5.85. The largest absolute Gasteiger partial charge is 0.368 e. The minimum Gasteiger partial charge on any atom is -0.368 e. The molecular formula is C15H21Cl2F2N3O. The first-order valence-electron chi connectivity index (χ1n) is 7.25. The van der Waals surface area contributed by atoms with Gasteiger partial charge in [0.2, 0.25) is 5.91 Å². The number of carbonyl (C=O) groups is 1. The number of carbonyl (C=O) groups excluding carboxylic acids is 1. The number of hydrogen-bond donors (Lipinski definition) is 1. The third kappa shape index (κ3) is 4.68. The molecule has 0 saturated carbocycles. The molecule has 1 aromatic rings. The second kappa shape index (κ2) is 8.13. The molecule has 0 aliphatic carbocycles. The van der Waals surface area contributed by atoms with Crippen LogP contribution >= 0.6 is 24.8 Å². The van der Waals surface area contributed by atoms with E-state index >= 15 is 0 Å². The van der Waals surface area contributed by atoms with Crippen molar-refractivity contribution < 1.29 is 13.6 Å². The van der Waals surface area contributed by atoms with Gasteiger partial charge in [-0.05, 0) is 12.1 Å². The van der Waals surface area contributed by atoms with Gasteiger partial charge in [-0.1, -0.05) is 18.2 Å². The minimum absolute atomic E-state index is 0. The van der Waals surface area contributed by atoms with Gasteiger partial charge in [0.15, 0.2) is 0 Å². The van der Waals surface area contributed by atoms with Crippen molar-refractivity contribution in [3.8, 4) is 0 Å². The SMILES string of the molecule is Cl.Cl.O=C(C1CC(F)(F)CN1)N1CCN(c2ccccc2)CC1. The van der Waals surface area contributed by atoms with Crippen LogP contribution in [0.2, 0.25) is 0 Å². The molecule has 0 spiro atoms. The molecule has 23 heavy (non-hydrogen) atoms. The molecule has 3 rings (SSSR count). The monoisotopic (exact) mass is 367 g/mol. The van der Waals surface area contributed by atoms with Crippen LogP contribution in [0.1, 0.15) is 6.42 Å². The van der Waals surface area contributed by atoms with Gasteiger partial charge in [-0.15, -0.1) is 24.8 Å². The van der Waals surface area contributed by atoms with Gasteiger partial charge in [-0.2, -0.15) is 0 Å². The fourth-order valence-electron chi connectivity index (χ4n) is 2.93. The Morgan fingerprint density at radius 3 is 2.22 bits per heavy atom. The zero-order chi connectivity index (χ0) is 14.9. The molecule has 0 bridgehead atoms. The quantitative estimate of drug-likeness (QED) is 0.869. The molecule has 4 nitrogen and oxygen atoms in total. The van der Waals surface area contributed by atoms with Crippen molar-refractivity contribution in [3.05, 3.63) is 30.3 Å². The van der Waals surface area contributed by atoms with E-state index in [0.29, 0.717) is 13.1 Å². The molecule has 1 N–H and O–H groups in total. The number of benzene rings is 1. The summed E-state index contributed by atoms with van der Waals surface area (Å²) in [6.07, 6.45) is -0.384. The molecule has 2 aliphatic rings. The maximum absolute atomic E-state index is 13.2. The van der Waals surface area contributed by atoms with Gasteiger partial charge in [0.05, 0.1) is 12.6 Å². The van der Waals surface area contributed by atoms with Crippen LogP contribution in [0, 0.1) is 0 Å². The van der Waals surface area contributed by atoms with E-state index in [9.17, 15) is 13.6 Å². The first-order valence-corrected chi connectivity index (χ1v) is 7.25. The Morgan fingerprint density at radius 2 is 1.70 bits per heavy atom. The van der Waals surface area contributed by atoms with Crippen LogP contribution in [-0.2, 0) is 4.79 Å². The lowest BCUT2D eigenvalue weighted by Gasteiger charge is -2.37. The summed E-state index contributed by atoms with van der Waals surface area (Å²) in [6.45, 7) is 2.24. The van der Waals surface area contributed by atoms with E-state index in [4.69, 9.17) is 0 Å². The number of hydrogen-bond acceptors (Lipinski definition) is 3. The highest BCUT2D eigenvalue weighted by Gasteiger charge is 2.43. The smallest absolute Gasteiger partial charge is 0.262 e. The Kier molecular flexibility index (Phi) is 7.04. The molecule has 130 valence electrons. The fraction of sp³-hybridized carbons (Fsp3) is 0.533. The molecule has 1 aromatic carbocycles. The fourth-order valence-corrected chi connectivity index (χ4v) is 2.93. The summed E-state index contributed by atoms with van der Waals surface area (Å²) in [6, 6.07) is 9.28. The van der Waals surface area contributed by atoms with E-state index in [0.717, 1.165) is 18.8 Å². The summed E-state index contributed by atoms with van der Waals surface area (Å²) < 4.78 is 26.3. The van der Waals surface area contributed by atoms with Gasteiger partial charge in [0.25, 0.3) is 5.92 Å². The molecule has 2 aliphatic heterocycles. The first kappa shape index (κ1) is 19.9. The van der Waals surface area contributed by atoms with Crippen molar-refractivity contribution in [1.29, 1.82) is 0 Å². The Morgan fingerprint density at radius 1 is 1.09 bits per heavy atom. The zero-order valence-electron chi connectivity index (χ0n) is 12.6. The number of piperazine rings is 1. The van der Waals surface area contributed by atoms with Crippen LogP contribution in [0.25, 0.3) is 0 Å². The lowest BCUT2D eigenvalue weighted by molar-refractivity contribution is -0.134. The van der Waals surface area contributed by atoms with E-state index < -0.39 is 18.5 Å². The standard InChI is InChI=1S/C15H19F2N3O.2ClH/c16-15(17)10-13(18-11-15)14(21)20-8-6-19(7-9-20)12-4-2-1-3-5-12;;/h1-5,13,18H,6-11H2;2*1H. The lowest BCUT2D eigenvalue weighted by Crippen LogP contribution is -2.53. The van der Waals surface area contributed by atoms with Crippen LogP contribution in [0.4, 0.5) is 14.5 Å². The maximum Gasteiger partial charge on any atom is 0.262 e. The van der Waals surface area contributed by atoms with Crippen LogP contribution in [-0.4, -0.2) is 55.5 Å². The van der Waals surface area contributed by atoms with Crippen molar-refractivity contribution in [1.82, 2.24) is 10.2 Å². The molecule has 2 saturated heterocycles. The van der Waals surface area contributed by atoms with Gasteiger partial charge in [-0.25, -0.2) is 8.78 Å². The van der Waals surface area contributed by atoms with E-state index in [2.05, 4.69) is 10.2 Å². The number of anilines is 1. The zero-order valence-corrected chi connectivity index (χ0v) is 14.2. The van der Waals surface area contributed by atoms with Gasteiger partial charge in [0.1, 0.15) is 0 Å². The number of halogens is 4. The normalized spacial score (nSPS) is 23.0. The Hall–Kier alpha value is -1.11. The molecule has 2 heterocycles. The van der Waals surface area contributed by atoms with Crippen LogP contribution in [0.5, 0.6) is 0 Å². The first-order chi connectivity index (χ1) is 10.1. The summed E-state index contributed by atoms with van der Waals surface area (Å²) in [5, 5.41) is 2.63. The predicted molar refractivity (Wildman–Crippen MR) is 91.1 cm³/mol. The van der Waals surface area contributed by atoms with Crippen molar-refractivity contribution in [3.63, 3.8) is 0 Å². The van der Waals surface area contributed by atoms with Gasteiger partial charge < -0.3 is 9.80 Å². The highest BCUT2D eigenvalue weighted by atomic mass is 35.5. The van der Waals surface area contributed by atoms with Crippen molar-refractivity contribution in [2.75, 3.05) is 37.6 Å². The molecule has 1 atom stereocenters. The number of nitrogens with one attached hydrogen (secondary N) is 1. The van der Waals surface area contributed by atoms with Crippen molar-refractivity contribution in [2.24, 2.45) is 0 Å². The Balaban J connectivity index is 0.00000132. The Bertz CT molecular complexity index is 511. The summed E-state index contributed by atoms with van der Waals surface area (Å²) >= 11 is 0. The second-order valence-electron chi connectivity index (χ2n) is 5.64. The van der Waals surface area contributed by atoms with Crippen LogP contribution in [0.3, 0.4) is 0 Å². The summed E-state index contributed by atoms with van der Waals surface area (Å²) in [7, 11) is 0. The Labute approximate surface area is 147 Å². The van der Waals surface area contributed by atoms with Crippen molar-refractivity contribution in [2.45, 2.75) is 18.4 Å². The number of alkyl halides is 2. The third-order valence-corrected chi connectivity index (χ3v) is 4.12. The molecule has 2 fully saturated rings. The van der Waals surface area contributed by atoms with Gasteiger partial charge >= 0.3 is 0 Å². The number of nitrogens with zero attached hydrogens (tertiary/aromatic N) is 2. The number of rotatable bonds is 2. The van der Waals surface area contributed by atoms with Gasteiger partial charge in [0, 0.05) is 38.3 Å². The van der Waals surface area contributed by atoms with Crippen molar-refractivity contribution >= 4 is 36.4 Å². The molecular weight excluding hydrogens is 347 g/mol. The lowest BCUT2D eigenvalue weighted by atomic mass is 10.1. The van der Waals surface area contributed by atoms with Crippen LogP contribution in [0.15, 0.2) is 30.3 Å². The molecule has 0 radical (unpaired) electrons. The van der Waals surface area contributed by atoms with Crippen LogP contribution < -0.4 is 10.2 Å². The highest BCUT2D eigenvalue weighted by Crippen LogP contribution is 2.26. The van der Waals surface area contributed by atoms with E-state index in [-0.39, 0.29) is 37.1 Å². The average Bonchev–Trinajstić information content (AvgIpc) is 2.88. The van der Waals surface area contributed by atoms with E-state index in [1.165, 1.54) is 0 Å². The average molecular weight is 368 g/mol. The molecule has 1 amide bonds. The second-order valence-corrected chi connectivity index (χ2v) is 5.64. The van der Waals surface area contributed by atoms with E-state index in [1.54, 1.807) is 4.90 Å². The summed E-state index contributed by atoms with van der Waals surface area (Å²) in [5.41, 5.74) is 1.13. The third-order valence-electron chi connectivity index (χ3n) is 4.12. The topological polar surface area (TPSA) is 35.6 Å². The molecule has 8 heteroatoms. The van der Waals surface area contributed by atoms with E-state index in [1.807, 2.05) is 30.3 Å².